The largest absolute Gasteiger partial charge is 0.461 e. The van der Waals surface area contributed by atoms with Crippen molar-refractivity contribution in [2.75, 3.05) is 12.5 Å². The molecule has 0 aromatic carbocycles. The summed E-state index contributed by atoms with van der Waals surface area (Å²) in [7, 11) is 0. The van der Waals surface area contributed by atoms with Crippen LogP contribution in [0.25, 0.3) is 0 Å². The van der Waals surface area contributed by atoms with E-state index in [9.17, 15) is 4.79 Å². The molecule has 0 aliphatic heterocycles. The summed E-state index contributed by atoms with van der Waals surface area (Å²) in [6, 6.07) is 0. The van der Waals surface area contributed by atoms with E-state index in [1.165, 1.54) is 5.41 Å². The molecular formula is C7H10Cl2O2S. The number of thiol groups is 1. The highest BCUT2D eigenvalue weighted by Gasteiger charge is 2.08. The Morgan fingerprint density at radius 3 is 2.75 bits per heavy atom. The molecule has 0 aromatic rings. The molecule has 0 bridgehead atoms. The smallest absolute Gasteiger partial charge is 0.334 e. The van der Waals surface area contributed by atoms with Crippen molar-refractivity contribution in [3.05, 3.63) is 11.0 Å². The molecular weight excluding hydrogens is 219 g/mol. The predicted octanol–water partition coefficient (Wildman–Crippen LogP) is 2.21. The third-order valence-electron chi connectivity index (χ3n) is 1.08. The maximum absolute atomic E-state index is 11.0. The fraction of sp³-hybridized carbons (Fsp3) is 0.571. The molecule has 1 atom stereocenters. The number of esters is 1. The average Bonchev–Trinajstić information content (AvgIpc) is 2.11. The van der Waals surface area contributed by atoms with Crippen molar-refractivity contribution < 1.29 is 9.53 Å². The molecule has 0 rings (SSSR count). The molecule has 0 saturated heterocycles. The molecule has 0 spiro atoms. The summed E-state index contributed by atoms with van der Waals surface area (Å²) in [5.74, 6) is -0.154. The van der Waals surface area contributed by atoms with Crippen LogP contribution < -0.4 is 0 Å². The van der Waals surface area contributed by atoms with E-state index in [2.05, 4.69) is 12.6 Å². The number of hydrogen-bond donors (Lipinski definition) is 1. The molecule has 0 N–H and O–H groups in total. The lowest BCUT2D eigenvalue weighted by atomic mass is 10.4. The Balaban J connectivity index is 3.72. The van der Waals surface area contributed by atoms with Gasteiger partial charge in [-0.1, -0.05) is 0 Å². The van der Waals surface area contributed by atoms with Crippen LogP contribution in [0.2, 0.25) is 0 Å². The van der Waals surface area contributed by atoms with Crippen LogP contribution in [0, 0.1) is 0 Å². The third-order valence-corrected chi connectivity index (χ3v) is 2.28. The number of carbonyl (C=O) groups excluding carboxylic acids is 1. The normalized spacial score (nSPS) is 14.2. The van der Waals surface area contributed by atoms with Crippen molar-refractivity contribution in [1.82, 2.24) is 0 Å². The average molecular weight is 229 g/mol. The maximum Gasteiger partial charge on any atom is 0.334 e. The van der Waals surface area contributed by atoms with Crippen LogP contribution in [-0.4, -0.2) is 23.8 Å². The number of carbonyl (C=O) groups is 1. The van der Waals surface area contributed by atoms with E-state index in [0.29, 0.717) is 5.57 Å². The van der Waals surface area contributed by atoms with Crippen LogP contribution in [0.4, 0.5) is 0 Å². The van der Waals surface area contributed by atoms with Crippen molar-refractivity contribution >= 4 is 41.8 Å². The number of rotatable bonds is 4. The second-order valence-corrected chi connectivity index (χ2v) is 3.35. The van der Waals surface area contributed by atoms with E-state index < -0.39 is 5.97 Å². The first kappa shape index (κ1) is 12.1. The summed E-state index contributed by atoms with van der Waals surface area (Å²) in [5, 5.41) is 1.05. The number of halogens is 2. The molecule has 5 heteroatoms. The molecule has 0 aliphatic rings. The quantitative estimate of drug-likeness (QED) is 0.346. The first-order valence-corrected chi connectivity index (χ1v) is 4.78. The summed E-state index contributed by atoms with van der Waals surface area (Å²) in [6.07, 6.45) is 0. The standard InChI is InChI=1S/C7H10Cl2O2S/c1-5(4-12)7(10)11-3-6(9)2-8/h4,6,12H,2-3H2,1H3/b5-4+. The minimum absolute atomic E-state index is 0.128. The zero-order chi connectivity index (χ0) is 9.56. The molecule has 12 heavy (non-hydrogen) atoms. The van der Waals surface area contributed by atoms with E-state index in [1.54, 1.807) is 6.92 Å². The zero-order valence-corrected chi connectivity index (χ0v) is 8.99. The van der Waals surface area contributed by atoms with Gasteiger partial charge in [-0.05, 0) is 12.3 Å². The topological polar surface area (TPSA) is 26.3 Å². The first-order valence-electron chi connectivity index (χ1n) is 3.30. The molecule has 70 valence electrons. The van der Waals surface area contributed by atoms with Crippen molar-refractivity contribution in [2.24, 2.45) is 0 Å². The maximum atomic E-state index is 11.0. The first-order chi connectivity index (χ1) is 5.61. The highest BCUT2D eigenvalue weighted by molar-refractivity contribution is 7.83. The number of alkyl halides is 2. The Morgan fingerprint density at radius 2 is 2.33 bits per heavy atom. The van der Waals surface area contributed by atoms with Gasteiger partial charge in [-0.2, -0.15) is 12.6 Å². The van der Waals surface area contributed by atoms with Crippen molar-refractivity contribution in [2.45, 2.75) is 12.3 Å². The van der Waals surface area contributed by atoms with Crippen LogP contribution in [0.3, 0.4) is 0 Å². The van der Waals surface area contributed by atoms with Gasteiger partial charge in [0.2, 0.25) is 0 Å². The highest BCUT2D eigenvalue weighted by Crippen LogP contribution is 2.03. The summed E-state index contributed by atoms with van der Waals surface area (Å²) >= 11 is 14.8. The molecule has 0 saturated carbocycles. The number of hydrogen-bond acceptors (Lipinski definition) is 3. The third kappa shape index (κ3) is 4.91. The van der Waals surface area contributed by atoms with Gasteiger partial charge in [0.25, 0.3) is 0 Å². The molecule has 1 unspecified atom stereocenters. The van der Waals surface area contributed by atoms with E-state index >= 15 is 0 Å². The van der Waals surface area contributed by atoms with E-state index in [0.717, 1.165) is 0 Å². The monoisotopic (exact) mass is 228 g/mol. The lowest BCUT2D eigenvalue weighted by Gasteiger charge is -2.06. The second kappa shape index (κ2) is 6.63. The molecule has 0 heterocycles. The minimum Gasteiger partial charge on any atom is -0.461 e. The highest BCUT2D eigenvalue weighted by atomic mass is 35.5. The summed E-state index contributed by atoms with van der Waals surface area (Å²) in [6.45, 7) is 1.74. The Labute approximate surface area is 87.3 Å². The van der Waals surface area contributed by atoms with Gasteiger partial charge in [0.05, 0.1) is 5.38 Å². The van der Waals surface area contributed by atoms with Gasteiger partial charge < -0.3 is 4.74 Å². The van der Waals surface area contributed by atoms with Crippen molar-refractivity contribution in [1.29, 1.82) is 0 Å². The fourth-order valence-corrected chi connectivity index (χ4v) is 0.635. The summed E-state index contributed by atoms with van der Waals surface area (Å²) in [5.41, 5.74) is 0.441. The lowest BCUT2D eigenvalue weighted by molar-refractivity contribution is -0.138. The van der Waals surface area contributed by atoms with Crippen molar-refractivity contribution in [3.8, 4) is 0 Å². The second-order valence-electron chi connectivity index (χ2n) is 2.16. The van der Waals surface area contributed by atoms with Crippen LogP contribution in [0.5, 0.6) is 0 Å². The summed E-state index contributed by atoms with van der Waals surface area (Å²) in [4.78, 5) is 11.0. The molecule has 0 aromatic heterocycles. The number of ether oxygens (including phenoxy) is 1. The van der Waals surface area contributed by atoms with Gasteiger partial charge >= 0.3 is 5.97 Å². The molecule has 0 aliphatic carbocycles. The van der Waals surface area contributed by atoms with Gasteiger partial charge in [-0.15, -0.1) is 23.2 Å². The van der Waals surface area contributed by atoms with Gasteiger partial charge in [0, 0.05) is 11.5 Å². The molecule has 0 amide bonds. The van der Waals surface area contributed by atoms with Crippen LogP contribution >= 0.6 is 35.8 Å². The van der Waals surface area contributed by atoms with E-state index in [4.69, 9.17) is 27.9 Å². The molecule has 0 fully saturated rings. The SMILES string of the molecule is C/C(=C\S)C(=O)OCC(Cl)CCl. The Bertz CT molecular complexity index is 182. The van der Waals surface area contributed by atoms with Gasteiger partial charge in [0.1, 0.15) is 6.61 Å². The van der Waals surface area contributed by atoms with Crippen molar-refractivity contribution in [3.63, 3.8) is 0 Å². The van der Waals surface area contributed by atoms with Gasteiger partial charge in [-0.3, -0.25) is 0 Å². The van der Waals surface area contributed by atoms with E-state index in [-0.39, 0.29) is 17.9 Å². The van der Waals surface area contributed by atoms with E-state index in [1.807, 2.05) is 0 Å². The summed E-state index contributed by atoms with van der Waals surface area (Å²) < 4.78 is 4.77. The lowest BCUT2D eigenvalue weighted by Crippen LogP contribution is -2.15. The zero-order valence-electron chi connectivity index (χ0n) is 6.59. The fourth-order valence-electron chi connectivity index (χ4n) is 0.377. The van der Waals surface area contributed by atoms with Crippen LogP contribution in [-0.2, 0) is 9.53 Å². The molecule has 0 radical (unpaired) electrons. The minimum atomic E-state index is -0.416. The Kier molecular flexibility index (Phi) is 6.71. The molecule has 2 nitrogen and oxygen atoms in total. The predicted molar refractivity (Wildman–Crippen MR) is 54.1 cm³/mol. The Hall–Kier alpha value is 0.140. The Morgan fingerprint density at radius 1 is 1.75 bits per heavy atom. The van der Waals surface area contributed by atoms with Crippen LogP contribution in [0.1, 0.15) is 6.92 Å². The van der Waals surface area contributed by atoms with Crippen LogP contribution in [0.15, 0.2) is 11.0 Å². The van der Waals surface area contributed by atoms with Gasteiger partial charge in [0.15, 0.2) is 0 Å². The van der Waals surface area contributed by atoms with Gasteiger partial charge in [-0.25, -0.2) is 4.79 Å².